The molecule has 3 N–H and O–H groups in total. The van der Waals surface area contributed by atoms with E-state index in [0.29, 0.717) is 25.7 Å². The van der Waals surface area contributed by atoms with Gasteiger partial charge in [-0.2, -0.15) is 0 Å². The van der Waals surface area contributed by atoms with E-state index in [9.17, 15) is 24.6 Å². The predicted molar refractivity (Wildman–Crippen MR) is 72.5 cm³/mol. The van der Waals surface area contributed by atoms with E-state index in [4.69, 9.17) is 0 Å². The van der Waals surface area contributed by atoms with Crippen molar-refractivity contribution in [2.45, 2.75) is 57.4 Å². The molecule has 0 aromatic heterocycles. The van der Waals surface area contributed by atoms with E-state index in [1.54, 1.807) is 0 Å². The number of carbonyl (C=O) groups is 3. The van der Waals surface area contributed by atoms with Crippen LogP contribution in [-0.4, -0.2) is 33.6 Å². The van der Waals surface area contributed by atoms with Gasteiger partial charge in [0.2, 0.25) is 5.91 Å². The maximum absolute atomic E-state index is 11.8. The zero-order valence-electron chi connectivity index (χ0n) is 12.1. The number of carbonyl (C=O) groups excluding carboxylic acids is 1. The fraction of sp³-hybridized carbons (Fsp3) is 0.800. The maximum Gasteiger partial charge on any atom is 0.309 e. The molecule has 0 aliphatic heterocycles. The highest BCUT2D eigenvalue weighted by Gasteiger charge is 2.66. The molecule has 4 saturated carbocycles. The first-order valence-corrected chi connectivity index (χ1v) is 7.42. The van der Waals surface area contributed by atoms with Crippen LogP contribution in [0.1, 0.15) is 51.9 Å². The van der Waals surface area contributed by atoms with Crippen LogP contribution in [0.15, 0.2) is 0 Å². The molecule has 4 rings (SSSR count). The Hall–Kier alpha value is -1.59. The van der Waals surface area contributed by atoms with Crippen molar-refractivity contribution in [1.29, 1.82) is 0 Å². The summed E-state index contributed by atoms with van der Waals surface area (Å²) >= 11 is 0. The summed E-state index contributed by atoms with van der Waals surface area (Å²) < 4.78 is 0. The minimum absolute atomic E-state index is 0.000134. The van der Waals surface area contributed by atoms with Crippen molar-refractivity contribution < 1.29 is 24.6 Å². The number of carboxylic acid groups (broad SMARTS) is 2. The van der Waals surface area contributed by atoms with Gasteiger partial charge in [0.05, 0.1) is 11.8 Å². The van der Waals surface area contributed by atoms with Crippen LogP contribution in [0.4, 0.5) is 0 Å². The molecule has 0 heterocycles. The third-order valence-corrected chi connectivity index (χ3v) is 5.61. The van der Waals surface area contributed by atoms with Crippen molar-refractivity contribution in [3.8, 4) is 0 Å². The van der Waals surface area contributed by atoms with Gasteiger partial charge in [0, 0.05) is 12.5 Å². The molecule has 1 amide bonds. The minimum atomic E-state index is -0.879. The van der Waals surface area contributed by atoms with Crippen molar-refractivity contribution in [2.75, 3.05) is 0 Å². The molecule has 21 heavy (non-hydrogen) atoms. The number of rotatable bonds is 4. The van der Waals surface area contributed by atoms with Gasteiger partial charge in [0.15, 0.2) is 0 Å². The summed E-state index contributed by atoms with van der Waals surface area (Å²) in [6.07, 6.45) is 3.63. The fourth-order valence-electron chi connectivity index (χ4n) is 5.91. The molecule has 4 atom stereocenters. The monoisotopic (exact) mass is 295 g/mol. The SMILES string of the molecule is CC(=O)NC12CC3CC(CC(=O)O)(C1)CC(C(=O)O)(C3)C2. The molecule has 116 valence electrons. The van der Waals surface area contributed by atoms with Gasteiger partial charge in [0.25, 0.3) is 0 Å². The molecule has 4 fully saturated rings. The van der Waals surface area contributed by atoms with Crippen LogP contribution in [-0.2, 0) is 14.4 Å². The second-order valence-corrected chi connectivity index (χ2v) is 7.63. The molecule has 0 aromatic carbocycles. The van der Waals surface area contributed by atoms with E-state index in [1.165, 1.54) is 6.92 Å². The lowest BCUT2D eigenvalue weighted by molar-refractivity contribution is -0.185. The Morgan fingerprint density at radius 2 is 1.81 bits per heavy atom. The number of hydrogen-bond donors (Lipinski definition) is 3. The van der Waals surface area contributed by atoms with Gasteiger partial charge in [0.1, 0.15) is 0 Å². The molecule has 0 spiro atoms. The van der Waals surface area contributed by atoms with Crippen LogP contribution >= 0.6 is 0 Å². The summed E-state index contributed by atoms with van der Waals surface area (Å²) in [5.41, 5.74) is -1.87. The highest BCUT2D eigenvalue weighted by Crippen LogP contribution is 2.67. The smallest absolute Gasteiger partial charge is 0.309 e. The largest absolute Gasteiger partial charge is 0.481 e. The van der Waals surface area contributed by atoms with Gasteiger partial charge in [-0.1, -0.05) is 0 Å². The Bertz CT molecular complexity index is 496. The van der Waals surface area contributed by atoms with Crippen LogP contribution in [0.5, 0.6) is 0 Å². The molecule has 0 radical (unpaired) electrons. The lowest BCUT2D eigenvalue weighted by Crippen LogP contribution is -2.67. The summed E-state index contributed by atoms with van der Waals surface area (Å²) in [5, 5.41) is 21.9. The quantitative estimate of drug-likeness (QED) is 0.727. The average molecular weight is 295 g/mol. The first-order chi connectivity index (χ1) is 9.68. The number of aliphatic carboxylic acids is 2. The highest BCUT2D eigenvalue weighted by molar-refractivity contribution is 5.78. The number of amides is 1. The summed E-state index contributed by atoms with van der Waals surface area (Å²) in [7, 11) is 0. The van der Waals surface area contributed by atoms with Crippen molar-refractivity contribution >= 4 is 17.8 Å². The van der Waals surface area contributed by atoms with Crippen LogP contribution in [0.2, 0.25) is 0 Å². The molecular weight excluding hydrogens is 274 g/mol. The second kappa shape index (κ2) is 4.21. The van der Waals surface area contributed by atoms with Crippen LogP contribution in [0, 0.1) is 16.7 Å². The van der Waals surface area contributed by atoms with Crippen molar-refractivity contribution in [1.82, 2.24) is 5.32 Å². The first-order valence-electron chi connectivity index (χ1n) is 7.42. The standard InChI is InChI=1S/C15H21NO5/c1-9(17)16-15-4-10-2-13(7-15,5-11(18)19)6-14(3-10,8-15)12(20)21/h10H,2-8H2,1H3,(H,16,17)(H,18,19)(H,20,21). The van der Waals surface area contributed by atoms with Gasteiger partial charge in [-0.15, -0.1) is 0 Å². The summed E-state index contributed by atoms with van der Waals surface area (Å²) in [5.74, 6) is -1.68. The molecule has 0 saturated heterocycles. The fourth-order valence-corrected chi connectivity index (χ4v) is 5.91. The molecule has 4 unspecified atom stereocenters. The van der Waals surface area contributed by atoms with E-state index in [1.807, 2.05) is 0 Å². The Balaban J connectivity index is 2.01. The van der Waals surface area contributed by atoms with E-state index >= 15 is 0 Å². The van der Waals surface area contributed by atoms with Crippen LogP contribution < -0.4 is 5.32 Å². The Morgan fingerprint density at radius 1 is 1.10 bits per heavy atom. The molecule has 6 heteroatoms. The average Bonchev–Trinajstić information content (AvgIpc) is 2.22. The molecule has 4 aliphatic carbocycles. The normalized spacial score (nSPS) is 43.6. The van der Waals surface area contributed by atoms with Gasteiger partial charge in [-0.25, -0.2) is 0 Å². The number of hydrogen-bond acceptors (Lipinski definition) is 3. The van der Waals surface area contributed by atoms with Crippen molar-refractivity contribution in [3.05, 3.63) is 0 Å². The summed E-state index contributed by atoms with van der Waals surface area (Å²) in [6.45, 7) is 1.44. The third kappa shape index (κ3) is 2.21. The van der Waals surface area contributed by atoms with Crippen molar-refractivity contribution in [3.63, 3.8) is 0 Å². The lowest BCUT2D eigenvalue weighted by Gasteiger charge is -2.65. The molecular formula is C15H21NO5. The van der Waals surface area contributed by atoms with Crippen LogP contribution in [0.25, 0.3) is 0 Å². The summed E-state index contributed by atoms with van der Waals surface area (Å²) in [6, 6.07) is 0. The molecule has 6 nitrogen and oxygen atoms in total. The van der Waals surface area contributed by atoms with E-state index in [-0.39, 0.29) is 18.2 Å². The van der Waals surface area contributed by atoms with Gasteiger partial charge in [-0.3, -0.25) is 14.4 Å². The van der Waals surface area contributed by atoms with Gasteiger partial charge < -0.3 is 15.5 Å². The molecule has 4 aliphatic rings. The predicted octanol–water partition coefficient (Wildman–Crippen LogP) is 1.39. The summed E-state index contributed by atoms with van der Waals surface area (Å²) in [4.78, 5) is 34.7. The van der Waals surface area contributed by atoms with Gasteiger partial charge >= 0.3 is 11.9 Å². The molecule has 0 aromatic rings. The maximum atomic E-state index is 11.8. The second-order valence-electron chi connectivity index (χ2n) is 7.63. The topological polar surface area (TPSA) is 104 Å². The van der Waals surface area contributed by atoms with Crippen LogP contribution in [0.3, 0.4) is 0 Å². The lowest BCUT2D eigenvalue weighted by atomic mass is 9.41. The van der Waals surface area contributed by atoms with Gasteiger partial charge in [-0.05, 0) is 49.9 Å². The Kier molecular flexibility index (Phi) is 2.88. The zero-order valence-corrected chi connectivity index (χ0v) is 12.1. The van der Waals surface area contributed by atoms with E-state index in [0.717, 1.165) is 12.8 Å². The number of nitrogens with one attached hydrogen (secondary N) is 1. The molecule has 4 bridgehead atoms. The third-order valence-electron chi connectivity index (χ3n) is 5.61. The first kappa shape index (κ1) is 14.4. The number of carboxylic acids is 2. The zero-order chi connectivity index (χ0) is 15.5. The highest BCUT2D eigenvalue weighted by atomic mass is 16.4. The Labute approximate surface area is 122 Å². The Morgan fingerprint density at radius 3 is 2.38 bits per heavy atom. The van der Waals surface area contributed by atoms with E-state index < -0.39 is 28.3 Å². The van der Waals surface area contributed by atoms with Crippen molar-refractivity contribution in [2.24, 2.45) is 16.7 Å². The van der Waals surface area contributed by atoms with E-state index in [2.05, 4.69) is 5.32 Å². The minimum Gasteiger partial charge on any atom is -0.481 e.